The number of nitrogens with zero attached hydrogens (tertiary/aromatic N) is 2. The predicted octanol–water partition coefficient (Wildman–Crippen LogP) is 5.26. The minimum atomic E-state index is -0.833. The first-order valence-electron chi connectivity index (χ1n) is 9.37. The summed E-state index contributed by atoms with van der Waals surface area (Å²) < 4.78 is 27.3. The zero-order valence-electron chi connectivity index (χ0n) is 17.2. The van der Waals surface area contributed by atoms with Gasteiger partial charge in [-0.3, -0.25) is 4.79 Å². The molecule has 3 N–H and O–H groups in total. The average Bonchev–Trinajstić information content (AvgIpc) is 2.77. The third-order valence-electron chi connectivity index (χ3n) is 4.29. The predicted molar refractivity (Wildman–Crippen MR) is 115 cm³/mol. The van der Waals surface area contributed by atoms with E-state index in [1.54, 1.807) is 48.5 Å². The van der Waals surface area contributed by atoms with Gasteiger partial charge in [0, 0.05) is 35.1 Å². The minimum Gasteiger partial charge on any atom is -0.504 e. The van der Waals surface area contributed by atoms with E-state index in [0.29, 0.717) is 22.8 Å². The van der Waals surface area contributed by atoms with Gasteiger partial charge in [0.15, 0.2) is 23.1 Å². The molecule has 0 fully saturated rings. The van der Waals surface area contributed by atoms with Crippen molar-refractivity contribution in [2.75, 3.05) is 0 Å². The molecule has 6 nitrogen and oxygen atoms in total. The summed E-state index contributed by atoms with van der Waals surface area (Å²) in [4.78, 5) is 17.9. The molecule has 9 heteroatoms. The number of carbonyl (C=O) groups is 1. The number of carboxylic acids is 1. The molecule has 2 heterocycles. The van der Waals surface area contributed by atoms with Crippen LogP contribution in [0.4, 0.5) is 8.78 Å². The van der Waals surface area contributed by atoms with Crippen LogP contribution in [0.5, 0.6) is 11.5 Å². The molecule has 0 unspecified atom stereocenters. The number of aromatic hydroxyl groups is 2. The van der Waals surface area contributed by atoms with E-state index in [1.165, 1.54) is 24.3 Å². The molecular weight excluding hydrogens is 473 g/mol. The Kier molecular flexibility index (Phi) is 8.62. The Morgan fingerprint density at radius 2 is 0.970 bits per heavy atom. The molecule has 0 saturated heterocycles. The van der Waals surface area contributed by atoms with Crippen LogP contribution in [0.1, 0.15) is 6.92 Å². The number of aliphatic carboxylic acids is 1. The third-order valence-corrected chi connectivity index (χ3v) is 4.29. The number of phenols is 2. The van der Waals surface area contributed by atoms with Crippen molar-refractivity contribution in [3.05, 3.63) is 84.4 Å². The molecule has 1 radical (unpaired) electrons. The van der Waals surface area contributed by atoms with E-state index in [-0.39, 0.29) is 28.2 Å². The largest absolute Gasteiger partial charge is 0.504 e. The summed E-state index contributed by atoms with van der Waals surface area (Å²) in [6.07, 6.45) is 0. The fraction of sp³-hybridized carbons (Fsp3) is 0.0417. The third kappa shape index (κ3) is 6.12. The van der Waals surface area contributed by atoms with Gasteiger partial charge in [-0.2, -0.15) is 0 Å². The number of para-hydroxylation sites is 2. The Morgan fingerprint density at radius 3 is 1.33 bits per heavy atom. The number of hydrogen-bond acceptors (Lipinski definition) is 5. The van der Waals surface area contributed by atoms with E-state index in [0.717, 1.165) is 6.92 Å². The van der Waals surface area contributed by atoms with E-state index >= 15 is 0 Å². The van der Waals surface area contributed by atoms with Gasteiger partial charge in [-0.05, 0) is 48.5 Å². The normalized spacial score (nSPS) is 9.91. The minimum absolute atomic E-state index is 0. The summed E-state index contributed by atoms with van der Waals surface area (Å²) >= 11 is 0. The topological polar surface area (TPSA) is 104 Å². The van der Waals surface area contributed by atoms with E-state index in [4.69, 9.17) is 9.90 Å². The quantitative estimate of drug-likeness (QED) is 0.338. The van der Waals surface area contributed by atoms with Crippen LogP contribution in [-0.2, 0) is 21.9 Å². The van der Waals surface area contributed by atoms with Gasteiger partial charge in [0.1, 0.15) is 0 Å². The number of hydrogen-bond donors (Lipinski definition) is 3. The van der Waals surface area contributed by atoms with Gasteiger partial charge in [-0.1, -0.05) is 24.3 Å². The maximum atomic E-state index is 13.7. The molecule has 0 spiro atoms. The SMILES string of the molecule is CC(=O)O.Oc1c(F)cccc1-c1cccc(-c2cccc(-c3cccc(F)c3O)n2)n1.[Mn]. The van der Waals surface area contributed by atoms with Crippen molar-refractivity contribution >= 4 is 5.97 Å². The van der Waals surface area contributed by atoms with Gasteiger partial charge in [0.25, 0.3) is 5.97 Å². The van der Waals surface area contributed by atoms with Crippen LogP contribution in [0, 0.1) is 11.6 Å². The van der Waals surface area contributed by atoms with E-state index in [9.17, 15) is 19.0 Å². The molecule has 33 heavy (non-hydrogen) atoms. The Balaban J connectivity index is 0.000000714. The molecule has 0 bridgehead atoms. The molecule has 0 aliphatic carbocycles. The Morgan fingerprint density at radius 1 is 0.667 bits per heavy atom. The maximum Gasteiger partial charge on any atom is 0.300 e. The van der Waals surface area contributed by atoms with E-state index < -0.39 is 29.1 Å². The second-order valence-electron chi connectivity index (χ2n) is 6.61. The van der Waals surface area contributed by atoms with Crippen LogP contribution in [0.15, 0.2) is 72.8 Å². The van der Waals surface area contributed by atoms with Gasteiger partial charge in [-0.15, -0.1) is 0 Å². The molecule has 0 aliphatic heterocycles. The number of pyridine rings is 2. The first kappa shape index (κ1) is 25.5. The van der Waals surface area contributed by atoms with Crippen LogP contribution < -0.4 is 0 Å². The number of carboxylic acid groups (broad SMARTS) is 1. The molecule has 2 aromatic heterocycles. The Labute approximate surface area is 198 Å². The molecule has 0 atom stereocenters. The fourth-order valence-electron chi connectivity index (χ4n) is 2.90. The fourth-order valence-corrected chi connectivity index (χ4v) is 2.90. The summed E-state index contributed by atoms with van der Waals surface area (Å²) in [6, 6.07) is 18.6. The van der Waals surface area contributed by atoms with Crippen molar-refractivity contribution in [1.29, 1.82) is 0 Å². The number of aromatic nitrogens is 2. The standard InChI is InChI=1S/C22H14F2N2O2.C2H4O2.Mn/c23-15-7-1-5-13(21(15)27)17-9-3-11-19(25-17)20-12-4-10-18(26-20)14-6-2-8-16(24)22(14)28;1-2(3)4;/h1-12,27-28H;1H3,(H,3,4);. The zero-order chi connectivity index (χ0) is 23.3. The maximum absolute atomic E-state index is 13.7. The molecule has 4 aromatic rings. The van der Waals surface area contributed by atoms with E-state index in [2.05, 4.69) is 9.97 Å². The average molecular weight is 491 g/mol. The molecule has 0 amide bonds. The second kappa shape index (κ2) is 11.2. The van der Waals surface area contributed by atoms with Crippen molar-refractivity contribution in [3.8, 4) is 45.4 Å². The number of rotatable bonds is 3. The van der Waals surface area contributed by atoms with Crippen molar-refractivity contribution in [3.63, 3.8) is 0 Å². The van der Waals surface area contributed by atoms with Gasteiger partial charge < -0.3 is 15.3 Å². The van der Waals surface area contributed by atoms with E-state index in [1.807, 2.05) is 0 Å². The number of benzene rings is 2. The smallest absolute Gasteiger partial charge is 0.300 e. The van der Waals surface area contributed by atoms with Gasteiger partial charge in [-0.25, -0.2) is 18.7 Å². The van der Waals surface area contributed by atoms with Crippen LogP contribution in [0.3, 0.4) is 0 Å². The summed E-state index contributed by atoms with van der Waals surface area (Å²) in [5.41, 5.74) is 2.27. The van der Waals surface area contributed by atoms with Crippen LogP contribution in [0.2, 0.25) is 0 Å². The first-order valence-corrected chi connectivity index (χ1v) is 9.37. The van der Waals surface area contributed by atoms with Gasteiger partial charge >= 0.3 is 0 Å². The van der Waals surface area contributed by atoms with Crippen LogP contribution in [0.25, 0.3) is 33.9 Å². The number of phenolic OH excluding ortho intramolecular Hbond substituents is 2. The molecule has 4 rings (SSSR count). The Bertz CT molecular complexity index is 1190. The molecule has 0 aliphatic rings. The van der Waals surface area contributed by atoms with Crippen LogP contribution >= 0.6 is 0 Å². The summed E-state index contributed by atoms with van der Waals surface area (Å²) in [5.74, 6) is -3.24. The monoisotopic (exact) mass is 491 g/mol. The van der Waals surface area contributed by atoms with Gasteiger partial charge in [0.05, 0.1) is 22.8 Å². The molecule has 0 saturated carbocycles. The Hall–Kier alpha value is -3.81. The molecule has 2 aromatic carbocycles. The summed E-state index contributed by atoms with van der Waals surface area (Å²) in [5, 5.41) is 27.4. The second-order valence-corrected chi connectivity index (χ2v) is 6.61. The zero-order valence-corrected chi connectivity index (χ0v) is 18.4. The summed E-state index contributed by atoms with van der Waals surface area (Å²) in [7, 11) is 0. The van der Waals surface area contributed by atoms with Gasteiger partial charge in [0.2, 0.25) is 0 Å². The van der Waals surface area contributed by atoms with Crippen LogP contribution in [-0.4, -0.2) is 31.3 Å². The summed E-state index contributed by atoms with van der Waals surface area (Å²) in [6.45, 7) is 1.08. The number of halogens is 2. The van der Waals surface area contributed by atoms with Crippen molar-refractivity contribution in [1.82, 2.24) is 9.97 Å². The van der Waals surface area contributed by atoms with Crippen molar-refractivity contribution < 1.29 is 46.0 Å². The van der Waals surface area contributed by atoms with Crippen molar-refractivity contribution in [2.24, 2.45) is 0 Å². The van der Waals surface area contributed by atoms with Crippen molar-refractivity contribution in [2.45, 2.75) is 6.92 Å². The molecular formula is C24H18F2MnN2O4. The first-order chi connectivity index (χ1) is 15.3. The molecule has 169 valence electrons.